The van der Waals surface area contributed by atoms with Crippen LogP contribution in [0.1, 0.15) is 29.7 Å². The van der Waals surface area contributed by atoms with Gasteiger partial charge in [-0.25, -0.2) is 8.78 Å². The minimum absolute atomic E-state index is 0.0195. The molecule has 0 heterocycles. The van der Waals surface area contributed by atoms with Crippen LogP contribution >= 0.6 is 0 Å². The average molecular weight is 275 g/mol. The van der Waals surface area contributed by atoms with Crippen molar-refractivity contribution in [1.82, 2.24) is 5.32 Å². The highest BCUT2D eigenvalue weighted by molar-refractivity contribution is 5.32. The fourth-order valence-electron chi connectivity index (χ4n) is 2.47. The maximum atomic E-state index is 13.8. The normalized spacial score (nSPS) is 12.4. The molecular formula is C17H19F2N. The lowest BCUT2D eigenvalue weighted by Crippen LogP contribution is -2.20. The van der Waals surface area contributed by atoms with E-state index >= 15 is 0 Å². The number of hydrogen-bond donors (Lipinski definition) is 1. The van der Waals surface area contributed by atoms with Crippen LogP contribution in [0.25, 0.3) is 0 Å². The Kier molecular flexibility index (Phi) is 4.85. The molecule has 0 aliphatic heterocycles. The molecule has 0 radical (unpaired) electrons. The summed E-state index contributed by atoms with van der Waals surface area (Å²) in [7, 11) is 1.86. The largest absolute Gasteiger partial charge is 0.313 e. The van der Waals surface area contributed by atoms with Gasteiger partial charge in [0.05, 0.1) is 0 Å². The van der Waals surface area contributed by atoms with E-state index in [2.05, 4.69) is 24.4 Å². The van der Waals surface area contributed by atoms with Gasteiger partial charge in [0.2, 0.25) is 0 Å². The SMILES string of the molecule is CCc1ccccc1C(Cc1ccc(F)cc1F)NC. The van der Waals surface area contributed by atoms with E-state index in [1.807, 2.05) is 19.2 Å². The van der Waals surface area contributed by atoms with E-state index in [0.29, 0.717) is 12.0 Å². The second-order valence-corrected chi connectivity index (χ2v) is 4.83. The maximum absolute atomic E-state index is 13.8. The van der Waals surface area contributed by atoms with E-state index in [-0.39, 0.29) is 6.04 Å². The Hall–Kier alpha value is -1.74. The van der Waals surface area contributed by atoms with Gasteiger partial charge in [-0.1, -0.05) is 37.3 Å². The van der Waals surface area contributed by atoms with Crippen molar-refractivity contribution in [2.75, 3.05) is 7.05 Å². The van der Waals surface area contributed by atoms with Crippen LogP contribution in [0, 0.1) is 11.6 Å². The van der Waals surface area contributed by atoms with Gasteiger partial charge < -0.3 is 5.32 Å². The summed E-state index contributed by atoms with van der Waals surface area (Å²) in [4.78, 5) is 0. The average Bonchev–Trinajstić information content (AvgIpc) is 2.46. The molecule has 2 rings (SSSR count). The highest BCUT2D eigenvalue weighted by Gasteiger charge is 2.15. The molecule has 106 valence electrons. The molecular weight excluding hydrogens is 256 g/mol. The Bertz CT molecular complexity index is 581. The Morgan fingerprint density at radius 1 is 1.05 bits per heavy atom. The van der Waals surface area contributed by atoms with Gasteiger partial charge in [0.25, 0.3) is 0 Å². The topological polar surface area (TPSA) is 12.0 Å². The molecule has 0 saturated heterocycles. The molecule has 0 aliphatic carbocycles. The molecule has 3 heteroatoms. The van der Waals surface area contributed by atoms with Crippen molar-refractivity contribution in [3.05, 3.63) is 70.8 Å². The molecule has 1 N–H and O–H groups in total. The van der Waals surface area contributed by atoms with Crippen LogP contribution in [0.4, 0.5) is 8.78 Å². The Labute approximate surface area is 118 Å². The summed E-state index contributed by atoms with van der Waals surface area (Å²) in [6.07, 6.45) is 1.43. The molecule has 1 unspecified atom stereocenters. The van der Waals surface area contributed by atoms with Crippen molar-refractivity contribution in [3.63, 3.8) is 0 Å². The zero-order chi connectivity index (χ0) is 14.5. The van der Waals surface area contributed by atoms with Crippen LogP contribution < -0.4 is 5.32 Å². The molecule has 2 aromatic carbocycles. The van der Waals surface area contributed by atoms with Crippen molar-refractivity contribution >= 4 is 0 Å². The number of rotatable bonds is 5. The van der Waals surface area contributed by atoms with Gasteiger partial charge in [-0.05, 0) is 42.6 Å². The molecule has 0 saturated carbocycles. The zero-order valence-electron chi connectivity index (χ0n) is 11.8. The van der Waals surface area contributed by atoms with Crippen LogP contribution in [-0.2, 0) is 12.8 Å². The van der Waals surface area contributed by atoms with Crippen molar-refractivity contribution < 1.29 is 8.78 Å². The summed E-state index contributed by atoms with van der Waals surface area (Å²) >= 11 is 0. The van der Waals surface area contributed by atoms with Crippen molar-refractivity contribution in [2.24, 2.45) is 0 Å². The Morgan fingerprint density at radius 2 is 1.80 bits per heavy atom. The molecule has 20 heavy (non-hydrogen) atoms. The van der Waals surface area contributed by atoms with Crippen molar-refractivity contribution in [3.8, 4) is 0 Å². The predicted octanol–water partition coefficient (Wildman–Crippen LogP) is 4.03. The fourth-order valence-corrected chi connectivity index (χ4v) is 2.47. The van der Waals surface area contributed by atoms with Gasteiger partial charge in [-0.15, -0.1) is 0 Å². The summed E-state index contributed by atoms with van der Waals surface area (Å²) in [6.45, 7) is 2.10. The first kappa shape index (κ1) is 14.7. The molecule has 0 fully saturated rings. The number of hydrogen-bond acceptors (Lipinski definition) is 1. The summed E-state index contributed by atoms with van der Waals surface area (Å²) in [5, 5.41) is 3.22. The van der Waals surface area contributed by atoms with E-state index < -0.39 is 11.6 Å². The molecule has 0 aliphatic rings. The first-order valence-corrected chi connectivity index (χ1v) is 6.84. The van der Waals surface area contributed by atoms with Gasteiger partial charge in [0.15, 0.2) is 0 Å². The quantitative estimate of drug-likeness (QED) is 0.868. The van der Waals surface area contributed by atoms with Gasteiger partial charge in [0, 0.05) is 12.1 Å². The Balaban J connectivity index is 2.29. The van der Waals surface area contributed by atoms with Gasteiger partial charge >= 0.3 is 0 Å². The lowest BCUT2D eigenvalue weighted by atomic mass is 9.93. The summed E-state index contributed by atoms with van der Waals surface area (Å²) in [6, 6.07) is 11.9. The van der Waals surface area contributed by atoms with Gasteiger partial charge in [-0.3, -0.25) is 0 Å². The van der Waals surface area contributed by atoms with Crippen molar-refractivity contribution in [1.29, 1.82) is 0 Å². The summed E-state index contributed by atoms with van der Waals surface area (Å²) in [5.74, 6) is -1.03. The molecule has 2 aromatic rings. The third-order valence-corrected chi connectivity index (χ3v) is 3.60. The second kappa shape index (κ2) is 6.62. The van der Waals surface area contributed by atoms with Crippen molar-refractivity contribution in [2.45, 2.75) is 25.8 Å². The number of halogens is 2. The molecule has 0 amide bonds. The minimum atomic E-state index is -0.541. The molecule has 0 bridgehead atoms. The van der Waals surface area contributed by atoms with Gasteiger partial charge in [0.1, 0.15) is 11.6 Å². The number of benzene rings is 2. The molecule has 0 spiro atoms. The third kappa shape index (κ3) is 3.23. The molecule has 0 aromatic heterocycles. The third-order valence-electron chi connectivity index (χ3n) is 3.60. The monoisotopic (exact) mass is 275 g/mol. The molecule has 1 nitrogen and oxygen atoms in total. The summed E-state index contributed by atoms with van der Waals surface area (Å²) < 4.78 is 26.7. The lowest BCUT2D eigenvalue weighted by molar-refractivity contribution is 0.539. The van der Waals surface area contributed by atoms with E-state index in [0.717, 1.165) is 12.5 Å². The fraction of sp³-hybridized carbons (Fsp3) is 0.294. The van der Waals surface area contributed by atoms with Crippen LogP contribution in [0.3, 0.4) is 0 Å². The standard InChI is InChI=1S/C17H19F2N/c1-3-12-6-4-5-7-15(12)17(20-2)10-13-8-9-14(18)11-16(13)19/h4-9,11,17,20H,3,10H2,1-2H3. The number of likely N-dealkylation sites (N-methyl/N-ethyl adjacent to an activating group) is 1. The van der Waals surface area contributed by atoms with Crippen LogP contribution in [0.5, 0.6) is 0 Å². The Morgan fingerprint density at radius 3 is 2.45 bits per heavy atom. The minimum Gasteiger partial charge on any atom is -0.313 e. The highest BCUT2D eigenvalue weighted by Crippen LogP contribution is 2.23. The van der Waals surface area contributed by atoms with Gasteiger partial charge in [-0.2, -0.15) is 0 Å². The zero-order valence-corrected chi connectivity index (χ0v) is 11.8. The first-order chi connectivity index (χ1) is 9.65. The lowest BCUT2D eigenvalue weighted by Gasteiger charge is -2.20. The summed E-state index contributed by atoms with van der Waals surface area (Å²) in [5.41, 5.74) is 2.94. The number of aryl methyl sites for hydroxylation is 1. The van der Waals surface area contributed by atoms with E-state index in [4.69, 9.17) is 0 Å². The first-order valence-electron chi connectivity index (χ1n) is 6.84. The van der Waals surface area contributed by atoms with Crippen LogP contribution in [-0.4, -0.2) is 7.05 Å². The van der Waals surface area contributed by atoms with E-state index in [9.17, 15) is 8.78 Å². The number of nitrogens with one attached hydrogen (secondary N) is 1. The van der Waals surface area contributed by atoms with E-state index in [1.54, 1.807) is 0 Å². The van der Waals surface area contributed by atoms with Crippen LogP contribution in [0.2, 0.25) is 0 Å². The predicted molar refractivity (Wildman–Crippen MR) is 77.7 cm³/mol. The highest BCUT2D eigenvalue weighted by atomic mass is 19.1. The molecule has 1 atom stereocenters. The maximum Gasteiger partial charge on any atom is 0.129 e. The second-order valence-electron chi connectivity index (χ2n) is 4.83. The van der Waals surface area contributed by atoms with E-state index in [1.165, 1.54) is 23.3 Å². The smallest absolute Gasteiger partial charge is 0.129 e. The van der Waals surface area contributed by atoms with Crippen LogP contribution in [0.15, 0.2) is 42.5 Å².